The van der Waals surface area contributed by atoms with E-state index in [1.165, 1.54) is 10.9 Å². The van der Waals surface area contributed by atoms with E-state index in [4.69, 9.17) is 10.5 Å². The summed E-state index contributed by atoms with van der Waals surface area (Å²) in [6.07, 6.45) is 1.86. The summed E-state index contributed by atoms with van der Waals surface area (Å²) in [7, 11) is 0. The Morgan fingerprint density at radius 3 is 2.31 bits per heavy atom. The number of nitrogens with two attached hydrogens (primary N) is 1. The predicted molar refractivity (Wildman–Crippen MR) is 126 cm³/mol. The topological polar surface area (TPSA) is 161 Å². The molecule has 2 aromatic carbocycles. The van der Waals surface area contributed by atoms with Gasteiger partial charge in [0.05, 0.1) is 12.2 Å². The van der Waals surface area contributed by atoms with Crippen LogP contribution in [-0.4, -0.2) is 44.7 Å². The summed E-state index contributed by atoms with van der Waals surface area (Å²) >= 11 is 0. The number of carbonyl (C=O) groups is 3. The molecule has 2 atom stereocenters. The Hall–Kier alpha value is -4.41. The first kappa shape index (κ1) is 25.2. The SMILES string of the molecule is NC(=O)NCCCC(C(=O)O)n1cc(C(Cc2ccccc2)NC(=O)OCc2ccccc2)nn1. The van der Waals surface area contributed by atoms with Gasteiger partial charge in [-0.1, -0.05) is 65.9 Å². The van der Waals surface area contributed by atoms with Crippen LogP contribution in [0.15, 0.2) is 66.9 Å². The van der Waals surface area contributed by atoms with Gasteiger partial charge in [-0.3, -0.25) is 0 Å². The average molecular weight is 481 g/mol. The average Bonchev–Trinajstić information content (AvgIpc) is 3.33. The Morgan fingerprint density at radius 1 is 1.03 bits per heavy atom. The second-order valence-electron chi connectivity index (χ2n) is 7.86. The van der Waals surface area contributed by atoms with Crippen molar-refractivity contribution in [1.29, 1.82) is 0 Å². The number of aromatic nitrogens is 3. The van der Waals surface area contributed by atoms with Gasteiger partial charge < -0.3 is 26.2 Å². The molecular formula is C24H28N6O5. The predicted octanol–water partition coefficient (Wildman–Crippen LogP) is 2.56. The number of amides is 3. The van der Waals surface area contributed by atoms with Crippen LogP contribution in [0.25, 0.3) is 0 Å². The van der Waals surface area contributed by atoms with E-state index >= 15 is 0 Å². The summed E-state index contributed by atoms with van der Waals surface area (Å²) in [4.78, 5) is 35.2. The lowest BCUT2D eigenvalue weighted by molar-refractivity contribution is -0.141. The number of benzene rings is 2. The summed E-state index contributed by atoms with van der Waals surface area (Å²) in [6.45, 7) is 0.351. The molecule has 0 radical (unpaired) electrons. The molecular weight excluding hydrogens is 452 g/mol. The standard InChI is InChI=1S/C24H28N6O5/c25-23(33)26-13-7-12-21(22(31)32)30-15-20(28-29-30)19(14-17-8-3-1-4-9-17)27-24(34)35-16-18-10-5-2-6-11-18/h1-6,8-11,15,19,21H,7,12-14,16H2,(H,27,34)(H,31,32)(H3,25,26,33). The number of nitrogens with one attached hydrogen (secondary N) is 2. The number of aliphatic carboxylic acids is 1. The molecule has 0 spiro atoms. The highest BCUT2D eigenvalue weighted by Gasteiger charge is 2.25. The largest absolute Gasteiger partial charge is 0.480 e. The highest BCUT2D eigenvalue weighted by Crippen LogP contribution is 2.20. The van der Waals surface area contributed by atoms with Crippen LogP contribution in [0.5, 0.6) is 0 Å². The van der Waals surface area contributed by atoms with E-state index in [1.54, 1.807) is 0 Å². The Morgan fingerprint density at radius 2 is 1.69 bits per heavy atom. The quantitative estimate of drug-likeness (QED) is 0.290. The Kier molecular flexibility index (Phi) is 9.17. The third-order valence-corrected chi connectivity index (χ3v) is 5.23. The van der Waals surface area contributed by atoms with E-state index in [9.17, 15) is 19.5 Å². The van der Waals surface area contributed by atoms with Crippen molar-refractivity contribution >= 4 is 18.1 Å². The first-order chi connectivity index (χ1) is 16.9. The molecule has 0 aliphatic rings. The molecule has 0 bridgehead atoms. The maximum Gasteiger partial charge on any atom is 0.408 e. The zero-order chi connectivity index (χ0) is 25.0. The normalized spacial score (nSPS) is 12.3. The number of ether oxygens (including phenoxy) is 1. The van der Waals surface area contributed by atoms with Crippen molar-refractivity contribution in [3.63, 3.8) is 0 Å². The molecule has 3 aromatic rings. The van der Waals surface area contributed by atoms with Crippen LogP contribution in [0.4, 0.5) is 9.59 Å². The third kappa shape index (κ3) is 8.14. The van der Waals surface area contributed by atoms with Crippen LogP contribution < -0.4 is 16.4 Å². The van der Waals surface area contributed by atoms with E-state index < -0.39 is 30.2 Å². The molecule has 0 saturated heterocycles. The fourth-order valence-corrected chi connectivity index (χ4v) is 3.46. The lowest BCUT2D eigenvalue weighted by Crippen LogP contribution is -2.31. The first-order valence-corrected chi connectivity index (χ1v) is 11.1. The van der Waals surface area contributed by atoms with Gasteiger partial charge in [-0.15, -0.1) is 5.10 Å². The van der Waals surface area contributed by atoms with Gasteiger partial charge in [-0.2, -0.15) is 0 Å². The van der Waals surface area contributed by atoms with Gasteiger partial charge in [0.25, 0.3) is 0 Å². The van der Waals surface area contributed by atoms with Crippen molar-refractivity contribution in [2.75, 3.05) is 6.54 Å². The molecule has 0 fully saturated rings. The maximum atomic E-state index is 12.5. The van der Waals surface area contributed by atoms with Crippen molar-refractivity contribution in [2.45, 2.75) is 38.0 Å². The molecule has 11 nitrogen and oxygen atoms in total. The van der Waals surface area contributed by atoms with Gasteiger partial charge in [-0.25, -0.2) is 19.1 Å². The second kappa shape index (κ2) is 12.7. The molecule has 1 aromatic heterocycles. The number of urea groups is 1. The summed E-state index contributed by atoms with van der Waals surface area (Å²) < 4.78 is 6.60. The molecule has 35 heavy (non-hydrogen) atoms. The van der Waals surface area contributed by atoms with E-state index in [0.717, 1.165) is 11.1 Å². The van der Waals surface area contributed by atoms with E-state index in [2.05, 4.69) is 20.9 Å². The van der Waals surface area contributed by atoms with Crippen LogP contribution >= 0.6 is 0 Å². The molecule has 5 N–H and O–H groups in total. The first-order valence-electron chi connectivity index (χ1n) is 11.1. The number of carboxylic acid groups (broad SMARTS) is 1. The minimum absolute atomic E-state index is 0.109. The molecule has 0 saturated carbocycles. The smallest absolute Gasteiger partial charge is 0.408 e. The highest BCUT2D eigenvalue weighted by molar-refractivity contribution is 5.72. The number of nitrogens with zero attached hydrogens (tertiary/aromatic N) is 3. The van der Waals surface area contributed by atoms with Crippen molar-refractivity contribution < 1.29 is 24.2 Å². The van der Waals surface area contributed by atoms with Gasteiger partial charge in [0.15, 0.2) is 6.04 Å². The zero-order valence-electron chi connectivity index (χ0n) is 19.0. The van der Waals surface area contributed by atoms with Crippen LogP contribution in [0.2, 0.25) is 0 Å². The van der Waals surface area contributed by atoms with Crippen LogP contribution in [0.1, 0.15) is 41.7 Å². The molecule has 3 rings (SSSR count). The number of hydrogen-bond donors (Lipinski definition) is 4. The summed E-state index contributed by atoms with van der Waals surface area (Å²) in [5.41, 5.74) is 7.23. The van der Waals surface area contributed by atoms with Crippen molar-refractivity contribution in [1.82, 2.24) is 25.6 Å². The van der Waals surface area contributed by atoms with Crippen molar-refractivity contribution in [3.8, 4) is 0 Å². The lowest BCUT2D eigenvalue weighted by atomic mass is 10.0. The monoisotopic (exact) mass is 480 g/mol. The molecule has 1 heterocycles. The van der Waals surface area contributed by atoms with Crippen molar-refractivity contribution in [3.05, 3.63) is 83.7 Å². The highest BCUT2D eigenvalue weighted by atomic mass is 16.5. The number of hydrogen-bond acceptors (Lipinski definition) is 6. The Labute approximate surface area is 202 Å². The number of carbonyl (C=O) groups excluding carboxylic acids is 2. The minimum atomic E-state index is -1.09. The van der Waals surface area contributed by atoms with Crippen molar-refractivity contribution in [2.24, 2.45) is 5.73 Å². The zero-order valence-corrected chi connectivity index (χ0v) is 19.0. The molecule has 0 aliphatic carbocycles. The van der Waals surface area contributed by atoms with E-state index in [1.807, 2.05) is 60.7 Å². The van der Waals surface area contributed by atoms with Gasteiger partial charge in [0.2, 0.25) is 0 Å². The molecule has 11 heteroatoms. The summed E-state index contributed by atoms with van der Waals surface area (Å²) in [5, 5.41) is 23.0. The van der Waals surface area contributed by atoms with E-state index in [-0.39, 0.29) is 19.6 Å². The fourth-order valence-electron chi connectivity index (χ4n) is 3.46. The summed E-state index contributed by atoms with van der Waals surface area (Å²) in [5.74, 6) is -1.09. The van der Waals surface area contributed by atoms with Crippen LogP contribution in [0.3, 0.4) is 0 Å². The number of alkyl carbamates (subject to hydrolysis) is 1. The van der Waals surface area contributed by atoms with E-state index in [0.29, 0.717) is 18.5 Å². The number of rotatable bonds is 12. The van der Waals surface area contributed by atoms with Gasteiger partial charge in [0.1, 0.15) is 12.3 Å². The maximum absolute atomic E-state index is 12.5. The minimum Gasteiger partial charge on any atom is -0.480 e. The summed E-state index contributed by atoms with van der Waals surface area (Å²) in [6, 6.07) is 16.5. The second-order valence-corrected chi connectivity index (χ2v) is 7.86. The molecule has 0 aliphatic heterocycles. The number of carboxylic acids is 1. The van der Waals surface area contributed by atoms with Crippen LogP contribution in [-0.2, 0) is 22.6 Å². The molecule has 2 unspecified atom stereocenters. The third-order valence-electron chi connectivity index (χ3n) is 5.23. The Balaban J connectivity index is 1.71. The number of primary amides is 1. The van der Waals surface area contributed by atoms with Gasteiger partial charge in [0, 0.05) is 6.54 Å². The Bertz CT molecular complexity index is 1110. The van der Waals surface area contributed by atoms with Gasteiger partial charge in [-0.05, 0) is 30.4 Å². The molecule has 184 valence electrons. The molecule has 3 amide bonds. The lowest BCUT2D eigenvalue weighted by Gasteiger charge is -2.17. The fraction of sp³-hybridized carbons (Fsp3) is 0.292. The van der Waals surface area contributed by atoms with Gasteiger partial charge >= 0.3 is 18.1 Å². The van der Waals surface area contributed by atoms with Crippen LogP contribution in [0, 0.1) is 0 Å².